The third kappa shape index (κ3) is 3.55. The van der Waals surface area contributed by atoms with Crippen LogP contribution in [0.4, 0.5) is 11.5 Å². The number of hydrogen-bond acceptors (Lipinski definition) is 4. The number of nitrogens with zero attached hydrogens (tertiary/aromatic N) is 1. The van der Waals surface area contributed by atoms with Gasteiger partial charge in [0.15, 0.2) is 0 Å². The second-order valence-corrected chi connectivity index (χ2v) is 3.13. The van der Waals surface area contributed by atoms with Gasteiger partial charge in [0.1, 0.15) is 11.9 Å². The molecule has 15 heavy (non-hydrogen) atoms. The number of hydrogen-bond donors (Lipinski definition) is 3. The third-order valence-electron chi connectivity index (χ3n) is 1.77. The minimum atomic E-state index is -1.02. The van der Waals surface area contributed by atoms with E-state index in [0.717, 1.165) is 12.4 Å². The van der Waals surface area contributed by atoms with E-state index in [1.807, 2.05) is 6.92 Å². The molecule has 3 N–H and O–H groups in total. The third-order valence-corrected chi connectivity index (χ3v) is 1.77. The molecule has 1 amide bonds. The largest absolute Gasteiger partial charge is 0.384 e. The van der Waals surface area contributed by atoms with Gasteiger partial charge in [0.25, 0.3) is 5.91 Å². The molecule has 0 radical (unpaired) electrons. The summed E-state index contributed by atoms with van der Waals surface area (Å²) in [6, 6.07) is 3.49. The Bertz CT molecular complexity index is 322. The van der Waals surface area contributed by atoms with E-state index in [1.54, 1.807) is 12.1 Å². The second-order valence-electron chi connectivity index (χ2n) is 3.13. The molecular formula is C10H15N3O2. The number of carbonyl (C=O) groups is 1. The van der Waals surface area contributed by atoms with Crippen molar-refractivity contribution in [1.82, 2.24) is 4.98 Å². The van der Waals surface area contributed by atoms with Crippen molar-refractivity contribution in [3.05, 3.63) is 18.3 Å². The molecular weight excluding hydrogens is 194 g/mol. The molecule has 1 atom stereocenters. The molecule has 82 valence electrons. The molecule has 0 spiro atoms. The SMILES string of the molecule is CCNc1ccc(NC(=O)C(C)O)cn1. The predicted molar refractivity (Wildman–Crippen MR) is 58.7 cm³/mol. The summed E-state index contributed by atoms with van der Waals surface area (Å²) in [5.41, 5.74) is 0.572. The van der Waals surface area contributed by atoms with Crippen molar-refractivity contribution in [3.8, 4) is 0 Å². The number of carbonyl (C=O) groups excluding carboxylic acids is 1. The van der Waals surface area contributed by atoms with Gasteiger partial charge < -0.3 is 15.7 Å². The van der Waals surface area contributed by atoms with Crippen molar-refractivity contribution in [2.24, 2.45) is 0 Å². The average Bonchev–Trinajstić information content (AvgIpc) is 2.21. The molecule has 0 fully saturated rings. The number of amides is 1. The van der Waals surface area contributed by atoms with E-state index in [-0.39, 0.29) is 0 Å². The Balaban J connectivity index is 2.60. The molecule has 0 aromatic carbocycles. The van der Waals surface area contributed by atoms with Crippen molar-refractivity contribution in [3.63, 3.8) is 0 Å². The number of aliphatic hydroxyl groups excluding tert-OH is 1. The van der Waals surface area contributed by atoms with Crippen LogP contribution in [0.25, 0.3) is 0 Å². The molecule has 1 unspecified atom stereocenters. The molecule has 5 nitrogen and oxygen atoms in total. The quantitative estimate of drug-likeness (QED) is 0.686. The zero-order valence-corrected chi connectivity index (χ0v) is 8.82. The van der Waals surface area contributed by atoms with Gasteiger partial charge in [0.05, 0.1) is 11.9 Å². The Kier molecular flexibility index (Phi) is 4.05. The minimum absolute atomic E-state index is 0.437. The maximum Gasteiger partial charge on any atom is 0.252 e. The zero-order valence-electron chi connectivity index (χ0n) is 8.82. The molecule has 0 aliphatic carbocycles. The first-order chi connectivity index (χ1) is 7.13. The fourth-order valence-corrected chi connectivity index (χ4v) is 1.00. The van der Waals surface area contributed by atoms with Gasteiger partial charge >= 0.3 is 0 Å². The molecule has 0 aliphatic rings. The molecule has 1 rings (SSSR count). The van der Waals surface area contributed by atoms with Crippen LogP contribution < -0.4 is 10.6 Å². The van der Waals surface area contributed by atoms with E-state index in [0.29, 0.717) is 5.69 Å². The summed E-state index contributed by atoms with van der Waals surface area (Å²) in [5, 5.41) is 14.5. The van der Waals surface area contributed by atoms with E-state index in [2.05, 4.69) is 15.6 Å². The minimum Gasteiger partial charge on any atom is -0.384 e. The Morgan fingerprint density at radius 2 is 2.33 bits per heavy atom. The second kappa shape index (κ2) is 5.31. The smallest absolute Gasteiger partial charge is 0.252 e. The Labute approximate surface area is 88.5 Å². The number of rotatable bonds is 4. The number of nitrogens with one attached hydrogen (secondary N) is 2. The van der Waals surface area contributed by atoms with Crippen molar-refractivity contribution in [1.29, 1.82) is 0 Å². The van der Waals surface area contributed by atoms with Crippen LogP contribution >= 0.6 is 0 Å². The first kappa shape index (κ1) is 11.5. The van der Waals surface area contributed by atoms with Crippen LogP contribution in [-0.2, 0) is 4.79 Å². The lowest BCUT2D eigenvalue weighted by Gasteiger charge is -2.07. The molecule has 1 aromatic heterocycles. The van der Waals surface area contributed by atoms with Crippen LogP contribution in [0.15, 0.2) is 18.3 Å². The van der Waals surface area contributed by atoms with Crippen LogP contribution in [0.3, 0.4) is 0 Å². The first-order valence-electron chi connectivity index (χ1n) is 4.82. The topological polar surface area (TPSA) is 74.2 Å². The molecule has 0 aliphatic heterocycles. The summed E-state index contributed by atoms with van der Waals surface area (Å²) < 4.78 is 0. The van der Waals surface area contributed by atoms with Crippen LogP contribution in [0.5, 0.6) is 0 Å². The Morgan fingerprint density at radius 3 is 2.80 bits per heavy atom. The van der Waals surface area contributed by atoms with Crippen LogP contribution in [0, 0.1) is 0 Å². The lowest BCUT2D eigenvalue weighted by Crippen LogP contribution is -2.24. The van der Waals surface area contributed by atoms with Crippen molar-refractivity contribution >= 4 is 17.4 Å². The Morgan fingerprint density at radius 1 is 1.60 bits per heavy atom. The number of aromatic nitrogens is 1. The highest BCUT2D eigenvalue weighted by Crippen LogP contribution is 2.09. The van der Waals surface area contributed by atoms with Crippen molar-refractivity contribution in [2.45, 2.75) is 20.0 Å². The Hall–Kier alpha value is -1.62. The van der Waals surface area contributed by atoms with E-state index in [4.69, 9.17) is 5.11 Å². The van der Waals surface area contributed by atoms with E-state index in [1.165, 1.54) is 13.1 Å². The highest BCUT2D eigenvalue weighted by molar-refractivity contribution is 5.93. The highest BCUT2D eigenvalue weighted by atomic mass is 16.3. The fraction of sp³-hybridized carbons (Fsp3) is 0.400. The van der Waals surface area contributed by atoms with E-state index in [9.17, 15) is 4.79 Å². The van der Waals surface area contributed by atoms with Gasteiger partial charge in [-0.15, -0.1) is 0 Å². The summed E-state index contributed by atoms with van der Waals surface area (Å²) in [7, 11) is 0. The van der Waals surface area contributed by atoms with Gasteiger partial charge in [-0.2, -0.15) is 0 Å². The number of aliphatic hydroxyl groups is 1. The monoisotopic (exact) mass is 209 g/mol. The lowest BCUT2D eigenvalue weighted by atomic mass is 10.3. The van der Waals surface area contributed by atoms with Gasteiger partial charge in [-0.3, -0.25) is 4.79 Å². The summed E-state index contributed by atoms with van der Waals surface area (Å²) in [5.74, 6) is 0.320. The fourth-order valence-electron chi connectivity index (χ4n) is 1.00. The molecule has 1 heterocycles. The van der Waals surface area contributed by atoms with Gasteiger partial charge in [0.2, 0.25) is 0 Å². The maximum atomic E-state index is 11.1. The van der Waals surface area contributed by atoms with Gasteiger partial charge in [0, 0.05) is 6.54 Å². The normalized spacial score (nSPS) is 11.9. The summed E-state index contributed by atoms with van der Waals surface area (Å²) in [6.07, 6.45) is 0.525. The van der Waals surface area contributed by atoms with Gasteiger partial charge in [-0.25, -0.2) is 4.98 Å². The molecule has 0 saturated carbocycles. The molecule has 1 aromatic rings. The van der Waals surface area contributed by atoms with Crippen LogP contribution in [-0.4, -0.2) is 28.6 Å². The standard InChI is InChI=1S/C10H15N3O2/c1-3-11-9-5-4-8(6-12-9)13-10(15)7(2)14/h4-7,14H,3H2,1-2H3,(H,11,12)(H,13,15). The molecule has 0 bridgehead atoms. The highest BCUT2D eigenvalue weighted by Gasteiger charge is 2.08. The van der Waals surface area contributed by atoms with E-state index >= 15 is 0 Å². The average molecular weight is 209 g/mol. The zero-order chi connectivity index (χ0) is 11.3. The predicted octanol–water partition coefficient (Wildman–Crippen LogP) is 0.833. The van der Waals surface area contributed by atoms with E-state index < -0.39 is 12.0 Å². The van der Waals surface area contributed by atoms with Crippen LogP contribution in [0.1, 0.15) is 13.8 Å². The maximum absolute atomic E-state index is 11.1. The summed E-state index contributed by atoms with van der Waals surface area (Å²) in [6.45, 7) is 4.19. The van der Waals surface area contributed by atoms with Crippen LogP contribution in [0.2, 0.25) is 0 Å². The number of pyridine rings is 1. The van der Waals surface area contributed by atoms with Gasteiger partial charge in [-0.1, -0.05) is 0 Å². The summed E-state index contributed by atoms with van der Waals surface area (Å²) >= 11 is 0. The van der Waals surface area contributed by atoms with Crippen molar-refractivity contribution < 1.29 is 9.90 Å². The molecule has 5 heteroatoms. The lowest BCUT2D eigenvalue weighted by molar-refractivity contribution is -0.123. The number of anilines is 2. The van der Waals surface area contributed by atoms with Crippen molar-refractivity contribution in [2.75, 3.05) is 17.2 Å². The first-order valence-corrected chi connectivity index (χ1v) is 4.82. The summed E-state index contributed by atoms with van der Waals surface area (Å²) in [4.78, 5) is 15.2. The van der Waals surface area contributed by atoms with Gasteiger partial charge in [-0.05, 0) is 26.0 Å². The molecule has 0 saturated heterocycles.